The Bertz CT molecular complexity index is 410. The maximum absolute atomic E-state index is 13.4. The molecule has 2 N–H and O–H groups in total. The molecule has 1 rings (SSSR count). The lowest BCUT2D eigenvalue weighted by Crippen LogP contribution is -2.12. The molecule has 1 heterocycles. The van der Waals surface area contributed by atoms with Crippen LogP contribution >= 0.6 is 15.9 Å². The summed E-state index contributed by atoms with van der Waals surface area (Å²) in [6, 6.07) is 0. The van der Waals surface area contributed by atoms with Gasteiger partial charge in [0.05, 0.1) is 18.0 Å². The summed E-state index contributed by atoms with van der Waals surface area (Å²) >= 11 is 3.04. The third-order valence-corrected chi connectivity index (χ3v) is 2.35. The van der Waals surface area contributed by atoms with Gasteiger partial charge in [-0.15, -0.1) is 0 Å². The van der Waals surface area contributed by atoms with E-state index in [0.29, 0.717) is 0 Å². The Balaban J connectivity index is 3.29. The number of carbonyl (C=O) groups is 1. The van der Waals surface area contributed by atoms with Crippen LogP contribution in [0.15, 0.2) is 4.60 Å². The van der Waals surface area contributed by atoms with E-state index < -0.39 is 11.8 Å². The zero-order chi connectivity index (χ0) is 11.6. The van der Waals surface area contributed by atoms with Crippen LogP contribution in [-0.2, 0) is 4.74 Å². The first-order chi connectivity index (χ1) is 6.99. The topological polar surface area (TPSA) is 65.2 Å². The van der Waals surface area contributed by atoms with Crippen molar-refractivity contribution < 1.29 is 13.9 Å². The highest BCUT2D eigenvalue weighted by atomic mass is 79.9. The standard InChI is InChI=1S/C9H10BrFN2O2/c1-3-15-9(14)5-7(12)6(11)4(2)13-8(5)10/h3H2,1-2H3,(H2,12,13). The van der Waals surface area contributed by atoms with Crippen molar-refractivity contribution in [2.75, 3.05) is 12.3 Å². The zero-order valence-corrected chi connectivity index (χ0v) is 9.89. The maximum Gasteiger partial charge on any atom is 0.343 e. The number of aromatic nitrogens is 1. The van der Waals surface area contributed by atoms with Gasteiger partial charge in [0.1, 0.15) is 10.2 Å². The van der Waals surface area contributed by atoms with E-state index in [4.69, 9.17) is 10.5 Å². The van der Waals surface area contributed by atoms with Crippen LogP contribution in [0.25, 0.3) is 0 Å². The van der Waals surface area contributed by atoms with Crippen LogP contribution in [-0.4, -0.2) is 17.6 Å². The summed E-state index contributed by atoms with van der Waals surface area (Å²) in [4.78, 5) is 15.2. The summed E-state index contributed by atoms with van der Waals surface area (Å²) in [6.45, 7) is 3.31. The molecule has 0 atom stereocenters. The molecule has 0 spiro atoms. The molecular formula is C9H10BrFN2O2. The van der Waals surface area contributed by atoms with Gasteiger partial charge in [-0.25, -0.2) is 14.2 Å². The Morgan fingerprint density at radius 3 is 2.80 bits per heavy atom. The number of nitrogen functional groups attached to an aromatic ring is 1. The van der Waals surface area contributed by atoms with Crippen LogP contribution in [0.2, 0.25) is 0 Å². The van der Waals surface area contributed by atoms with Crippen molar-refractivity contribution in [2.24, 2.45) is 0 Å². The number of hydrogen-bond donors (Lipinski definition) is 1. The van der Waals surface area contributed by atoms with Crippen LogP contribution in [0.1, 0.15) is 23.0 Å². The van der Waals surface area contributed by atoms with Gasteiger partial charge < -0.3 is 10.5 Å². The molecule has 0 radical (unpaired) electrons. The van der Waals surface area contributed by atoms with Gasteiger partial charge in [-0.3, -0.25) is 0 Å². The van der Waals surface area contributed by atoms with Crippen LogP contribution in [0.4, 0.5) is 10.1 Å². The summed E-state index contributed by atoms with van der Waals surface area (Å²) in [6.07, 6.45) is 0. The molecule has 0 unspecified atom stereocenters. The average Bonchev–Trinajstić information content (AvgIpc) is 2.15. The predicted octanol–water partition coefficient (Wildman–Crippen LogP) is 2.05. The second kappa shape index (κ2) is 4.57. The lowest BCUT2D eigenvalue weighted by Gasteiger charge is -2.09. The fraction of sp³-hybridized carbons (Fsp3) is 0.333. The van der Waals surface area contributed by atoms with E-state index in [1.54, 1.807) is 6.92 Å². The minimum Gasteiger partial charge on any atom is -0.462 e. The molecule has 1 aromatic heterocycles. The molecular weight excluding hydrogens is 267 g/mol. The number of pyridine rings is 1. The van der Waals surface area contributed by atoms with Crippen molar-refractivity contribution in [1.29, 1.82) is 0 Å². The fourth-order valence-corrected chi connectivity index (χ4v) is 1.71. The molecule has 0 aliphatic rings. The minimum atomic E-state index is -0.693. The monoisotopic (exact) mass is 276 g/mol. The maximum atomic E-state index is 13.4. The molecule has 0 bridgehead atoms. The first kappa shape index (κ1) is 11.9. The number of aryl methyl sites for hydroxylation is 1. The number of esters is 1. The van der Waals surface area contributed by atoms with E-state index in [2.05, 4.69) is 20.9 Å². The van der Waals surface area contributed by atoms with Gasteiger partial charge in [-0.1, -0.05) is 0 Å². The molecule has 1 aromatic rings. The predicted molar refractivity (Wildman–Crippen MR) is 57.0 cm³/mol. The zero-order valence-electron chi connectivity index (χ0n) is 8.30. The van der Waals surface area contributed by atoms with E-state index in [1.807, 2.05) is 0 Å². The highest BCUT2D eigenvalue weighted by molar-refractivity contribution is 9.10. The molecule has 15 heavy (non-hydrogen) atoms. The van der Waals surface area contributed by atoms with E-state index in [9.17, 15) is 9.18 Å². The van der Waals surface area contributed by atoms with Crippen molar-refractivity contribution in [3.63, 3.8) is 0 Å². The van der Waals surface area contributed by atoms with Crippen LogP contribution < -0.4 is 5.73 Å². The van der Waals surface area contributed by atoms with Crippen molar-refractivity contribution in [2.45, 2.75) is 13.8 Å². The van der Waals surface area contributed by atoms with Crippen LogP contribution in [0, 0.1) is 12.7 Å². The lowest BCUT2D eigenvalue weighted by molar-refractivity contribution is 0.0525. The second-order valence-corrected chi connectivity index (χ2v) is 3.56. The lowest BCUT2D eigenvalue weighted by atomic mass is 10.2. The van der Waals surface area contributed by atoms with Gasteiger partial charge >= 0.3 is 5.97 Å². The number of nitrogens with two attached hydrogens (primary N) is 1. The molecule has 82 valence electrons. The number of rotatable bonds is 2. The molecule has 4 nitrogen and oxygen atoms in total. The third kappa shape index (κ3) is 2.26. The summed E-state index contributed by atoms with van der Waals surface area (Å²) in [5.74, 6) is -1.38. The fourth-order valence-electron chi connectivity index (χ4n) is 1.07. The average molecular weight is 277 g/mol. The first-order valence-corrected chi connectivity index (χ1v) is 5.06. The molecule has 0 saturated carbocycles. The number of nitrogens with zero attached hydrogens (tertiary/aromatic N) is 1. The van der Waals surface area contributed by atoms with Gasteiger partial charge in [0.15, 0.2) is 5.82 Å². The Morgan fingerprint density at radius 2 is 2.27 bits per heavy atom. The van der Waals surface area contributed by atoms with Crippen molar-refractivity contribution >= 4 is 27.6 Å². The van der Waals surface area contributed by atoms with E-state index >= 15 is 0 Å². The smallest absolute Gasteiger partial charge is 0.343 e. The minimum absolute atomic E-state index is 0.0695. The Labute approximate surface area is 94.8 Å². The molecule has 0 amide bonds. The SMILES string of the molecule is CCOC(=O)c1c(Br)nc(C)c(F)c1N. The molecule has 0 saturated heterocycles. The number of anilines is 1. The summed E-state index contributed by atoms with van der Waals surface area (Å²) in [5.41, 5.74) is 5.29. The molecule has 0 fully saturated rings. The van der Waals surface area contributed by atoms with Crippen molar-refractivity contribution in [3.05, 3.63) is 21.7 Å². The summed E-state index contributed by atoms with van der Waals surface area (Å²) in [5, 5.41) is 0. The van der Waals surface area contributed by atoms with Gasteiger partial charge in [0.25, 0.3) is 0 Å². The molecule has 0 aliphatic heterocycles. The highest BCUT2D eigenvalue weighted by Gasteiger charge is 2.21. The van der Waals surface area contributed by atoms with Gasteiger partial charge in [-0.05, 0) is 29.8 Å². The Hall–Kier alpha value is -1.17. The van der Waals surface area contributed by atoms with E-state index in [0.717, 1.165) is 0 Å². The molecule has 6 heteroatoms. The molecule has 0 aliphatic carbocycles. The van der Waals surface area contributed by atoms with Crippen molar-refractivity contribution in [1.82, 2.24) is 4.98 Å². The number of halogens is 2. The second-order valence-electron chi connectivity index (χ2n) is 2.81. The number of carbonyl (C=O) groups excluding carboxylic acids is 1. The van der Waals surface area contributed by atoms with E-state index in [1.165, 1.54) is 6.92 Å². The Morgan fingerprint density at radius 1 is 1.67 bits per heavy atom. The van der Waals surface area contributed by atoms with Gasteiger partial charge in [0, 0.05) is 0 Å². The van der Waals surface area contributed by atoms with Crippen LogP contribution in [0.3, 0.4) is 0 Å². The number of ether oxygens (including phenoxy) is 1. The quantitative estimate of drug-likeness (QED) is 0.663. The first-order valence-electron chi connectivity index (χ1n) is 4.27. The highest BCUT2D eigenvalue weighted by Crippen LogP contribution is 2.26. The van der Waals surface area contributed by atoms with E-state index in [-0.39, 0.29) is 28.2 Å². The third-order valence-electron chi connectivity index (χ3n) is 1.78. The Kier molecular flexibility index (Phi) is 3.62. The van der Waals surface area contributed by atoms with Crippen LogP contribution in [0.5, 0.6) is 0 Å². The number of hydrogen-bond acceptors (Lipinski definition) is 4. The molecule has 0 aromatic carbocycles. The largest absolute Gasteiger partial charge is 0.462 e. The summed E-state index contributed by atoms with van der Waals surface area (Å²) in [7, 11) is 0. The van der Waals surface area contributed by atoms with Crippen molar-refractivity contribution in [3.8, 4) is 0 Å². The summed E-state index contributed by atoms with van der Waals surface area (Å²) < 4.78 is 18.3. The van der Waals surface area contributed by atoms with Gasteiger partial charge in [0.2, 0.25) is 0 Å². The van der Waals surface area contributed by atoms with Gasteiger partial charge in [-0.2, -0.15) is 0 Å². The normalized spacial score (nSPS) is 10.1.